The summed E-state index contributed by atoms with van der Waals surface area (Å²) in [6.45, 7) is 0. The molecule has 0 radical (unpaired) electrons. The van der Waals surface area contributed by atoms with E-state index in [1.54, 1.807) is 0 Å². The van der Waals surface area contributed by atoms with Crippen LogP contribution >= 0.6 is 0 Å². The Kier molecular flexibility index (Phi) is 2.26. The van der Waals surface area contributed by atoms with Gasteiger partial charge in [0.2, 0.25) is 0 Å². The largest absolute Gasteiger partial charge is 0.298 e. The highest BCUT2D eigenvalue weighted by Gasteiger charge is 2.25. The van der Waals surface area contributed by atoms with Gasteiger partial charge in [-0.1, -0.05) is 0 Å². The normalized spacial score (nSPS) is 27.7. The SMILES string of the molecule is O=Cc1cn[nH]c1C1CCS(=O)C1. The molecule has 2 rings (SSSR count). The predicted molar refractivity (Wildman–Crippen MR) is 49.2 cm³/mol. The van der Waals surface area contributed by atoms with Gasteiger partial charge in [0.05, 0.1) is 11.8 Å². The Morgan fingerprint density at radius 2 is 2.54 bits per heavy atom. The van der Waals surface area contributed by atoms with Crippen molar-refractivity contribution in [2.24, 2.45) is 0 Å². The molecule has 2 heterocycles. The lowest BCUT2D eigenvalue weighted by Crippen LogP contribution is -2.02. The van der Waals surface area contributed by atoms with Crippen LogP contribution in [-0.4, -0.2) is 32.2 Å². The van der Waals surface area contributed by atoms with E-state index >= 15 is 0 Å². The minimum Gasteiger partial charge on any atom is -0.298 e. The first kappa shape index (κ1) is 8.62. The molecule has 0 amide bonds. The van der Waals surface area contributed by atoms with Crippen molar-refractivity contribution in [1.82, 2.24) is 10.2 Å². The molecule has 1 aromatic rings. The van der Waals surface area contributed by atoms with Gasteiger partial charge in [-0.3, -0.25) is 14.1 Å². The highest BCUT2D eigenvalue weighted by Crippen LogP contribution is 2.26. The zero-order valence-corrected chi connectivity index (χ0v) is 7.84. The lowest BCUT2D eigenvalue weighted by atomic mass is 10.0. The summed E-state index contributed by atoms with van der Waals surface area (Å²) in [5.74, 6) is 1.62. The number of nitrogens with one attached hydrogen (secondary N) is 1. The minimum absolute atomic E-state index is 0.225. The van der Waals surface area contributed by atoms with Crippen molar-refractivity contribution >= 4 is 17.1 Å². The van der Waals surface area contributed by atoms with E-state index in [1.165, 1.54) is 6.20 Å². The first-order valence-corrected chi connectivity index (χ1v) is 5.63. The van der Waals surface area contributed by atoms with Crippen LogP contribution in [0.2, 0.25) is 0 Å². The van der Waals surface area contributed by atoms with Crippen LogP contribution in [0, 0.1) is 0 Å². The molecule has 1 saturated heterocycles. The number of hydrogen-bond acceptors (Lipinski definition) is 3. The molecule has 0 spiro atoms. The number of aromatic amines is 1. The second-order valence-electron chi connectivity index (χ2n) is 3.15. The number of nitrogens with zero attached hydrogens (tertiary/aromatic N) is 1. The summed E-state index contributed by atoms with van der Waals surface area (Å²) in [7, 11) is -0.711. The quantitative estimate of drug-likeness (QED) is 0.702. The van der Waals surface area contributed by atoms with Gasteiger partial charge in [0.1, 0.15) is 0 Å². The number of carbonyl (C=O) groups excluding carboxylic acids is 1. The minimum atomic E-state index is -0.711. The molecule has 2 unspecified atom stereocenters. The Balaban J connectivity index is 2.25. The summed E-state index contributed by atoms with van der Waals surface area (Å²) in [6.07, 6.45) is 3.19. The maximum atomic E-state index is 11.1. The van der Waals surface area contributed by atoms with Crippen LogP contribution in [0.25, 0.3) is 0 Å². The van der Waals surface area contributed by atoms with E-state index < -0.39 is 10.8 Å². The molecule has 1 N–H and O–H groups in total. The Labute approximate surface area is 78.2 Å². The smallest absolute Gasteiger partial charge is 0.153 e. The summed E-state index contributed by atoms with van der Waals surface area (Å²) in [4.78, 5) is 10.6. The number of rotatable bonds is 2. The summed E-state index contributed by atoms with van der Waals surface area (Å²) in [6, 6.07) is 0. The van der Waals surface area contributed by atoms with Crippen LogP contribution in [0.3, 0.4) is 0 Å². The zero-order chi connectivity index (χ0) is 9.26. The van der Waals surface area contributed by atoms with Gasteiger partial charge >= 0.3 is 0 Å². The van der Waals surface area contributed by atoms with E-state index in [-0.39, 0.29) is 5.92 Å². The second kappa shape index (κ2) is 3.41. The molecule has 1 aliphatic rings. The van der Waals surface area contributed by atoms with Gasteiger partial charge in [0, 0.05) is 33.9 Å². The maximum absolute atomic E-state index is 11.1. The van der Waals surface area contributed by atoms with Crippen molar-refractivity contribution in [1.29, 1.82) is 0 Å². The molecule has 2 atom stereocenters. The molecule has 70 valence electrons. The van der Waals surface area contributed by atoms with Crippen LogP contribution in [-0.2, 0) is 10.8 Å². The fraction of sp³-hybridized carbons (Fsp3) is 0.500. The first-order chi connectivity index (χ1) is 6.31. The Bertz CT molecular complexity index is 348. The molecular formula is C8H10N2O2S. The molecule has 0 bridgehead atoms. The van der Waals surface area contributed by atoms with Crippen molar-refractivity contribution in [2.75, 3.05) is 11.5 Å². The molecule has 0 aromatic carbocycles. The number of hydrogen-bond donors (Lipinski definition) is 1. The second-order valence-corrected chi connectivity index (χ2v) is 4.77. The van der Waals surface area contributed by atoms with Gasteiger partial charge in [-0.25, -0.2) is 0 Å². The molecule has 1 aliphatic heterocycles. The predicted octanol–water partition coefficient (Wildman–Crippen LogP) is 0.458. The summed E-state index contributed by atoms with van der Waals surface area (Å²) < 4.78 is 11.1. The highest BCUT2D eigenvalue weighted by atomic mass is 32.2. The maximum Gasteiger partial charge on any atom is 0.153 e. The molecule has 1 aromatic heterocycles. The number of carbonyl (C=O) groups is 1. The van der Waals surface area contributed by atoms with E-state index in [4.69, 9.17) is 0 Å². The standard InChI is InChI=1S/C8H10N2O2S/c11-4-7-3-9-10-8(7)6-1-2-13(12)5-6/h3-4,6H,1-2,5H2,(H,9,10). The fourth-order valence-electron chi connectivity index (χ4n) is 1.62. The topological polar surface area (TPSA) is 62.8 Å². The average Bonchev–Trinajstić information content (AvgIpc) is 2.71. The molecule has 13 heavy (non-hydrogen) atoms. The van der Waals surface area contributed by atoms with Crippen LogP contribution in [0.1, 0.15) is 28.4 Å². The third-order valence-corrected chi connectivity index (χ3v) is 3.78. The van der Waals surface area contributed by atoms with Crippen LogP contribution < -0.4 is 0 Å². The van der Waals surface area contributed by atoms with E-state index in [9.17, 15) is 9.00 Å². The molecule has 0 saturated carbocycles. The van der Waals surface area contributed by atoms with Crippen LogP contribution in [0.15, 0.2) is 6.20 Å². The first-order valence-electron chi connectivity index (χ1n) is 4.14. The third-order valence-electron chi connectivity index (χ3n) is 2.32. The monoisotopic (exact) mass is 198 g/mol. The van der Waals surface area contributed by atoms with E-state index in [0.29, 0.717) is 11.3 Å². The van der Waals surface area contributed by atoms with Crippen LogP contribution in [0.4, 0.5) is 0 Å². The lowest BCUT2D eigenvalue weighted by Gasteiger charge is -2.04. The summed E-state index contributed by atoms with van der Waals surface area (Å²) in [5.41, 5.74) is 1.45. The zero-order valence-electron chi connectivity index (χ0n) is 7.03. The summed E-state index contributed by atoms with van der Waals surface area (Å²) >= 11 is 0. The molecular weight excluding hydrogens is 188 g/mol. The summed E-state index contributed by atoms with van der Waals surface area (Å²) in [5, 5.41) is 6.61. The molecule has 5 heteroatoms. The van der Waals surface area contributed by atoms with Gasteiger partial charge < -0.3 is 0 Å². The van der Waals surface area contributed by atoms with Gasteiger partial charge in [-0.05, 0) is 6.42 Å². The molecule has 4 nitrogen and oxygen atoms in total. The highest BCUT2D eigenvalue weighted by molar-refractivity contribution is 7.85. The third kappa shape index (κ3) is 1.56. The van der Waals surface area contributed by atoms with Crippen molar-refractivity contribution in [3.8, 4) is 0 Å². The Morgan fingerprint density at radius 3 is 3.15 bits per heavy atom. The Morgan fingerprint density at radius 1 is 1.69 bits per heavy atom. The van der Waals surface area contributed by atoms with Crippen molar-refractivity contribution in [3.05, 3.63) is 17.5 Å². The average molecular weight is 198 g/mol. The number of aldehydes is 1. The van der Waals surface area contributed by atoms with Gasteiger partial charge in [-0.2, -0.15) is 5.10 Å². The number of H-pyrrole nitrogens is 1. The fourth-order valence-corrected chi connectivity index (χ4v) is 3.11. The van der Waals surface area contributed by atoms with Gasteiger partial charge in [0.15, 0.2) is 6.29 Å². The van der Waals surface area contributed by atoms with E-state index in [0.717, 1.165) is 24.2 Å². The Hall–Kier alpha value is -0.970. The van der Waals surface area contributed by atoms with Gasteiger partial charge in [-0.15, -0.1) is 0 Å². The van der Waals surface area contributed by atoms with Gasteiger partial charge in [0.25, 0.3) is 0 Å². The molecule has 1 fully saturated rings. The lowest BCUT2D eigenvalue weighted by molar-refractivity contribution is 0.112. The molecule has 0 aliphatic carbocycles. The van der Waals surface area contributed by atoms with E-state index in [1.807, 2.05) is 0 Å². The van der Waals surface area contributed by atoms with Crippen LogP contribution in [0.5, 0.6) is 0 Å². The number of aromatic nitrogens is 2. The van der Waals surface area contributed by atoms with E-state index in [2.05, 4.69) is 10.2 Å². The van der Waals surface area contributed by atoms with Crippen molar-refractivity contribution in [3.63, 3.8) is 0 Å². The van der Waals surface area contributed by atoms with Crippen molar-refractivity contribution in [2.45, 2.75) is 12.3 Å². The van der Waals surface area contributed by atoms with Crippen molar-refractivity contribution < 1.29 is 9.00 Å².